The monoisotopic (exact) mass is 312 g/mol. The first-order chi connectivity index (χ1) is 9.43. The first-order valence-electron chi connectivity index (χ1n) is 5.75. The third-order valence-electron chi connectivity index (χ3n) is 2.91. The lowest BCUT2D eigenvalue weighted by atomic mass is 10.3. The SMILES string of the molecule is COc1ccc(NC(=O)c2sc(=O)n(C)c2C)cc1Cl. The second-order valence-corrected chi connectivity index (χ2v) is 5.51. The third kappa shape index (κ3) is 2.71. The van der Waals surface area contributed by atoms with Crippen molar-refractivity contribution in [3.8, 4) is 5.75 Å². The van der Waals surface area contributed by atoms with Crippen molar-refractivity contribution in [1.82, 2.24) is 4.57 Å². The van der Waals surface area contributed by atoms with Crippen molar-refractivity contribution in [3.05, 3.63) is 43.5 Å². The first kappa shape index (κ1) is 14.6. The van der Waals surface area contributed by atoms with E-state index in [9.17, 15) is 9.59 Å². The Balaban J connectivity index is 2.25. The molecule has 5 nitrogen and oxygen atoms in total. The maximum atomic E-state index is 12.1. The van der Waals surface area contributed by atoms with E-state index < -0.39 is 0 Å². The van der Waals surface area contributed by atoms with Crippen LogP contribution in [-0.4, -0.2) is 17.6 Å². The lowest BCUT2D eigenvalue weighted by Crippen LogP contribution is -2.12. The summed E-state index contributed by atoms with van der Waals surface area (Å²) in [6, 6.07) is 4.95. The van der Waals surface area contributed by atoms with Crippen molar-refractivity contribution in [2.75, 3.05) is 12.4 Å². The van der Waals surface area contributed by atoms with Gasteiger partial charge in [-0.2, -0.15) is 0 Å². The molecule has 20 heavy (non-hydrogen) atoms. The fraction of sp³-hybridized carbons (Fsp3) is 0.231. The van der Waals surface area contributed by atoms with E-state index >= 15 is 0 Å². The van der Waals surface area contributed by atoms with E-state index in [2.05, 4.69) is 5.32 Å². The van der Waals surface area contributed by atoms with Gasteiger partial charge >= 0.3 is 4.87 Å². The number of anilines is 1. The van der Waals surface area contributed by atoms with Gasteiger partial charge in [-0.15, -0.1) is 0 Å². The number of halogens is 1. The molecular weight excluding hydrogens is 300 g/mol. The van der Waals surface area contributed by atoms with E-state index in [1.165, 1.54) is 11.7 Å². The van der Waals surface area contributed by atoms with Crippen LogP contribution >= 0.6 is 22.9 Å². The average Bonchev–Trinajstić information content (AvgIpc) is 2.67. The van der Waals surface area contributed by atoms with E-state index in [4.69, 9.17) is 16.3 Å². The summed E-state index contributed by atoms with van der Waals surface area (Å²) >= 11 is 6.91. The number of methoxy groups -OCH3 is 1. The summed E-state index contributed by atoms with van der Waals surface area (Å²) in [5.41, 5.74) is 1.18. The summed E-state index contributed by atoms with van der Waals surface area (Å²) in [4.78, 5) is 23.9. The van der Waals surface area contributed by atoms with Crippen molar-refractivity contribution < 1.29 is 9.53 Å². The van der Waals surface area contributed by atoms with Crippen LogP contribution in [0.3, 0.4) is 0 Å². The van der Waals surface area contributed by atoms with Crippen LogP contribution < -0.4 is 14.9 Å². The Kier molecular flexibility index (Phi) is 4.15. The summed E-state index contributed by atoms with van der Waals surface area (Å²) < 4.78 is 6.49. The minimum atomic E-state index is -0.327. The number of hydrogen-bond acceptors (Lipinski definition) is 4. The molecule has 0 unspecified atom stereocenters. The minimum absolute atomic E-state index is 0.166. The molecule has 1 aromatic heterocycles. The number of ether oxygens (including phenoxy) is 1. The van der Waals surface area contributed by atoms with Crippen LogP contribution in [-0.2, 0) is 7.05 Å². The molecule has 106 valence electrons. The Hall–Kier alpha value is -1.79. The molecule has 0 saturated carbocycles. The molecule has 1 heterocycles. The van der Waals surface area contributed by atoms with Crippen molar-refractivity contribution in [2.45, 2.75) is 6.92 Å². The fourth-order valence-electron chi connectivity index (χ4n) is 1.66. The van der Waals surface area contributed by atoms with Crippen LogP contribution in [0.2, 0.25) is 5.02 Å². The van der Waals surface area contributed by atoms with Crippen molar-refractivity contribution in [2.24, 2.45) is 7.05 Å². The van der Waals surface area contributed by atoms with Crippen LogP contribution in [0.25, 0.3) is 0 Å². The standard InChI is InChI=1S/C13H13ClN2O3S/c1-7-11(20-13(18)16(7)2)12(17)15-8-4-5-10(19-3)9(14)6-8/h4-6H,1-3H3,(H,15,17). The molecule has 0 bridgehead atoms. The zero-order valence-electron chi connectivity index (χ0n) is 11.2. The lowest BCUT2D eigenvalue weighted by molar-refractivity contribution is 0.102. The van der Waals surface area contributed by atoms with Gasteiger partial charge in [0.15, 0.2) is 0 Å². The molecule has 1 amide bonds. The quantitative estimate of drug-likeness (QED) is 0.948. The van der Waals surface area contributed by atoms with Gasteiger partial charge in [-0.1, -0.05) is 22.9 Å². The number of aromatic nitrogens is 1. The van der Waals surface area contributed by atoms with Crippen LogP contribution in [0.1, 0.15) is 15.4 Å². The molecule has 0 radical (unpaired) electrons. The molecule has 1 N–H and O–H groups in total. The van der Waals surface area contributed by atoms with Gasteiger partial charge in [-0.3, -0.25) is 9.59 Å². The topological polar surface area (TPSA) is 60.3 Å². The Morgan fingerprint density at radius 3 is 2.65 bits per heavy atom. The van der Waals surface area contributed by atoms with E-state index in [0.29, 0.717) is 27.0 Å². The molecule has 0 aliphatic carbocycles. The normalized spacial score (nSPS) is 10.4. The van der Waals surface area contributed by atoms with Gasteiger partial charge < -0.3 is 14.6 Å². The molecule has 2 aromatic rings. The van der Waals surface area contributed by atoms with Crippen LogP contribution in [0, 0.1) is 6.92 Å². The number of carbonyl (C=O) groups excluding carboxylic acids is 1. The summed E-state index contributed by atoms with van der Waals surface area (Å²) in [6.45, 7) is 1.73. The molecule has 0 fully saturated rings. The molecule has 2 rings (SSSR count). The Bertz CT molecular complexity index is 721. The van der Waals surface area contributed by atoms with Crippen LogP contribution in [0.5, 0.6) is 5.75 Å². The lowest BCUT2D eigenvalue weighted by Gasteiger charge is -2.07. The van der Waals surface area contributed by atoms with Gasteiger partial charge in [0.05, 0.1) is 12.1 Å². The molecule has 0 aliphatic heterocycles. The largest absolute Gasteiger partial charge is 0.495 e. The predicted octanol–water partition coefficient (Wildman–Crippen LogP) is 2.67. The van der Waals surface area contributed by atoms with E-state index in [-0.39, 0.29) is 10.8 Å². The fourth-order valence-corrected chi connectivity index (χ4v) is 2.80. The highest BCUT2D eigenvalue weighted by Crippen LogP contribution is 2.27. The van der Waals surface area contributed by atoms with Gasteiger partial charge in [0.2, 0.25) is 0 Å². The van der Waals surface area contributed by atoms with Crippen molar-refractivity contribution in [1.29, 1.82) is 0 Å². The summed E-state index contributed by atoms with van der Waals surface area (Å²) in [6.07, 6.45) is 0. The summed E-state index contributed by atoms with van der Waals surface area (Å²) in [5, 5.41) is 3.12. The highest BCUT2D eigenvalue weighted by Gasteiger charge is 2.16. The zero-order chi connectivity index (χ0) is 14.9. The van der Waals surface area contributed by atoms with Crippen molar-refractivity contribution >= 4 is 34.5 Å². The minimum Gasteiger partial charge on any atom is -0.495 e. The van der Waals surface area contributed by atoms with E-state index in [1.54, 1.807) is 32.2 Å². The average molecular weight is 313 g/mol. The van der Waals surface area contributed by atoms with E-state index in [0.717, 1.165) is 11.3 Å². The maximum absolute atomic E-state index is 12.1. The van der Waals surface area contributed by atoms with Crippen LogP contribution in [0.4, 0.5) is 5.69 Å². The smallest absolute Gasteiger partial charge is 0.307 e. The molecular formula is C13H13ClN2O3S. The van der Waals surface area contributed by atoms with Gasteiger partial charge in [0, 0.05) is 18.4 Å². The third-order valence-corrected chi connectivity index (χ3v) is 4.34. The number of rotatable bonds is 3. The van der Waals surface area contributed by atoms with E-state index in [1.807, 2.05) is 0 Å². The molecule has 0 spiro atoms. The molecule has 0 atom stereocenters. The van der Waals surface area contributed by atoms with Crippen molar-refractivity contribution in [3.63, 3.8) is 0 Å². The second kappa shape index (κ2) is 5.68. The highest BCUT2D eigenvalue weighted by molar-refractivity contribution is 7.11. The number of hydrogen-bond donors (Lipinski definition) is 1. The van der Waals surface area contributed by atoms with Gasteiger partial charge in [0.1, 0.15) is 10.6 Å². The number of carbonyl (C=O) groups is 1. The molecule has 1 aromatic carbocycles. The first-order valence-corrected chi connectivity index (χ1v) is 6.94. The Morgan fingerprint density at radius 1 is 1.45 bits per heavy atom. The zero-order valence-corrected chi connectivity index (χ0v) is 12.8. The molecule has 7 heteroatoms. The highest BCUT2D eigenvalue weighted by atomic mass is 35.5. The molecule has 0 saturated heterocycles. The number of thiazole rings is 1. The number of benzene rings is 1. The second-order valence-electron chi connectivity index (χ2n) is 4.14. The van der Waals surface area contributed by atoms with Gasteiger partial charge in [-0.25, -0.2) is 0 Å². The molecule has 0 aliphatic rings. The summed E-state index contributed by atoms with van der Waals surface area (Å²) in [7, 11) is 3.15. The maximum Gasteiger partial charge on any atom is 0.307 e. The summed E-state index contributed by atoms with van der Waals surface area (Å²) in [5.74, 6) is 0.205. The van der Waals surface area contributed by atoms with Gasteiger partial charge in [-0.05, 0) is 25.1 Å². The Labute approximate surface area is 124 Å². The number of nitrogens with zero attached hydrogens (tertiary/aromatic N) is 1. The van der Waals surface area contributed by atoms with Gasteiger partial charge in [0.25, 0.3) is 5.91 Å². The number of nitrogens with one attached hydrogen (secondary N) is 1. The van der Waals surface area contributed by atoms with Crippen LogP contribution in [0.15, 0.2) is 23.0 Å². The Morgan fingerprint density at radius 2 is 2.15 bits per heavy atom. The predicted molar refractivity (Wildman–Crippen MR) is 80.3 cm³/mol. The number of amides is 1.